The van der Waals surface area contributed by atoms with Crippen molar-refractivity contribution in [3.63, 3.8) is 0 Å². The van der Waals surface area contributed by atoms with E-state index in [2.05, 4.69) is 129 Å². The van der Waals surface area contributed by atoms with Gasteiger partial charge in [0.15, 0.2) is 0 Å². The molecule has 0 amide bonds. The Kier molecular flexibility index (Phi) is 3.63. The Hall–Kier alpha value is -4.83. The van der Waals surface area contributed by atoms with Crippen LogP contribution in [0.25, 0.3) is 61.0 Å². The number of hydrogen-bond acceptors (Lipinski definition) is 1. The molecule has 0 radical (unpaired) electrons. The lowest BCUT2D eigenvalue weighted by Gasteiger charge is -2.13. The predicted octanol–water partition coefficient (Wildman–Crippen LogP) is 7.53. The van der Waals surface area contributed by atoms with Crippen LogP contribution in [-0.4, -0.2) is 18.5 Å². The SMILES string of the molecule is c1ccc(-n2c3c(-n4c5ccccc5c5ccccc54)cccc3n3c4ccccc4nc23)cc1. The van der Waals surface area contributed by atoms with Gasteiger partial charge in [-0.3, -0.25) is 8.97 Å². The summed E-state index contributed by atoms with van der Waals surface area (Å²) < 4.78 is 6.98. The highest BCUT2D eigenvalue weighted by atomic mass is 15.2. The van der Waals surface area contributed by atoms with Crippen LogP contribution in [0.5, 0.6) is 0 Å². The Balaban J connectivity index is 1.63. The molecule has 0 aliphatic carbocycles. The molecular weight excluding hydrogens is 428 g/mol. The molecule has 3 heterocycles. The van der Waals surface area contributed by atoms with E-state index in [-0.39, 0.29) is 0 Å². The molecule has 4 nitrogen and oxygen atoms in total. The van der Waals surface area contributed by atoms with Gasteiger partial charge in [0.05, 0.1) is 38.8 Å². The van der Waals surface area contributed by atoms with Crippen LogP contribution in [0.3, 0.4) is 0 Å². The molecule has 3 aromatic heterocycles. The van der Waals surface area contributed by atoms with Gasteiger partial charge in [0.25, 0.3) is 0 Å². The van der Waals surface area contributed by atoms with Gasteiger partial charge in [0.1, 0.15) is 0 Å². The molecule has 4 heteroatoms. The van der Waals surface area contributed by atoms with Crippen molar-refractivity contribution in [2.45, 2.75) is 0 Å². The van der Waals surface area contributed by atoms with E-state index in [9.17, 15) is 0 Å². The van der Waals surface area contributed by atoms with Crippen LogP contribution in [-0.2, 0) is 0 Å². The molecule has 0 spiro atoms. The highest BCUT2D eigenvalue weighted by Gasteiger charge is 2.22. The van der Waals surface area contributed by atoms with E-state index >= 15 is 0 Å². The topological polar surface area (TPSA) is 27.2 Å². The second kappa shape index (κ2) is 6.84. The molecule has 0 saturated carbocycles. The summed E-state index contributed by atoms with van der Waals surface area (Å²) in [5.74, 6) is 0.917. The lowest BCUT2D eigenvalue weighted by Crippen LogP contribution is -2.00. The number of rotatable bonds is 2. The van der Waals surface area contributed by atoms with Crippen molar-refractivity contribution in [3.05, 3.63) is 121 Å². The predicted molar refractivity (Wildman–Crippen MR) is 144 cm³/mol. The molecule has 35 heavy (non-hydrogen) atoms. The van der Waals surface area contributed by atoms with Gasteiger partial charge in [-0.1, -0.05) is 72.8 Å². The molecule has 0 saturated heterocycles. The third-order valence-corrected chi connectivity index (χ3v) is 7.04. The number of benzene rings is 5. The summed E-state index contributed by atoms with van der Waals surface area (Å²) in [5, 5.41) is 2.52. The molecule has 164 valence electrons. The average molecular weight is 449 g/mol. The zero-order valence-electron chi connectivity index (χ0n) is 18.8. The van der Waals surface area contributed by atoms with Crippen LogP contribution in [0.15, 0.2) is 121 Å². The van der Waals surface area contributed by atoms with Crippen LogP contribution < -0.4 is 0 Å². The highest BCUT2D eigenvalue weighted by Crippen LogP contribution is 2.37. The fraction of sp³-hybridized carbons (Fsp3) is 0. The largest absolute Gasteiger partial charge is 0.307 e. The van der Waals surface area contributed by atoms with E-state index in [0.29, 0.717) is 0 Å². The maximum Gasteiger partial charge on any atom is 0.220 e. The summed E-state index contributed by atoms with van der Waals surface area (Å²) >= 11 is 0. The lowest BCUT2D eigenvalue weighted by atomic mass is 10.2. The average Bonchev–Trinajstić information content (AvgIpc) is 3.56. The minimum Gasteiger partial charge on any atom is -0.307 e. The Morgan fingerprint density at radius 2 is 1.06 bits per heavy atom. The number of hydrogen-bond donors (Lipinski definition) is 0. The molecule has 0 bridgehead atoms. The Morgan fingerprint density at radius 3 is 1.80 bits per heavy atom. The zero-order chi connectivity index (χ0) is 22.9. The summed E-state index contributed by atoms with van der Waals surface area (Å²) in [6.07, 6.45) is 0. The molecular formula is C31H20N4. The monoisotopic (exact) mass is 448 g/mol. The first-order valence-corrected chi connectivity index (χ1v) is 11.8. The summed E-state index contributed by atoms with van der Waals surface area (Å²) in [6, 6.07) is 42.8. The zero-order valence-corrected chi connectivity index (χ0v) is 18.8. The Bertz CT molecular complexity index is 2000. The van der Waals surface area contributed by atoms with Crippen LogP contribution in [0.1, 0.15) is 0 Å². The van der Waals surface area contributed by atoms with Crippen molar-refractivity contribution in [2.75, 3.05) is 0 Å². The smallest absolute Gasteiger partial charge is 0.220 e. The van der Waals surface area contributed by atoms with Gasteiger partial charge in [-0.15, -0.1) is 0 Å². The molecule has 0 aliphatic rings. The number of fused-ring (bicyclic) bond motifs is 8. The fourth-order valence-corrected chi connectivity index (χ4v) is 5.61. The van der Waals surface area contributed by atoms with E-state index in [4.69, 9.17) is 4.98 Å². The van der Waals surface area contributed by atoms with Crippen LogP contribution in [0, 0.1) is 0 Å². The van der Waals surface area contributed by atoms with E-state index in [1.165, 1.54) is 21.8 Å². The summed E-state index contributed by atoms with van der Waals surface area (Å²) in [7, 11) is 0. The van der Waals surface area contributed by atoms with Crippen molar-refractivity contribution in [3.8, 4) is 11.4 Å². The van der Waals surface area contributed by atoms with E-state index in [1.54, 1.807) is 0 Å². The standard InChI is InChI=1S/C31H20N4/c1-2-11-21(12-3-1)33-30-28(34-25-16-7-4-13-22(25)23-14-5-8-17-26(23)34)19-10-20-29(30)35-27-18-9-6-15-24(27)32-31(33)35/h1-20H. The summed E-state index contributed by atoms with van der Waals surface area (Å²) in [4.78, 5) is 5.09. The third-order valence-electron chi connectivity index (χ3n) is 7.04. The minimum atomic E-state index is 0.917. The van der Waals surface area contributed by atoms with Gasteiger partial charge < -0.3 is 4.57 Å². The molecule has 0 aliphatic heterocycles. The van der Waals surface area contributed by atoms with E-state index < -0.39 is 0 Å². The minimum absolute atomic E-state index is 0.917. The van der Waals surface area contributed by atoms with Gasteiger partial charge in [0, 0.05) is 16.5 Å². The normalized spacial score (nSPS) is 12.0. The van der Waals surface area contributed by atoms with Gasteiger partial charge in [-0.05, 0) is 48.5 Å². The molecule has 5 aromatic carbocycles. The molecule has 0 unspecified atom stereocenters. The van der Waals surface area contributed by atoms with Crippen LogP contribution in [0.4, 0.5) is 0 Å². The number of para-hydroxylation sites is 6. The second-order valence-corrected chi connectivity index (χ2v) is 8.92. The van der Waals surface area contributed by atoms with Gasteiger partial charge in [-0.2, -0.15) is 0 Å². The molecule has 8 aromatic rings. The fourth-order valence-electron chi connectivity index (χ4n) is 5.61. The third kappa shape index (κ3) is 2.43. The Morgan fingerprint density at radius 1 is 0.457 bits per heavy atom. The van der Waals surface area contributed by atoms with Crippen molar-refractivity contribution < 1.29 is 0 Å². The summed E-state index contributed by atoms with van der Waals surface area (Å²) in [5.41, 5.74) is 9.01. The lowest BCUT2D eigenvalue weighted by molar-refractivity contribution is 1.09. The van der Waals surface area contributed by atoms with Crippen molar-refractivity contribution in [1.82, 2.24) is 18.5 Å². The highest BCUT2D eigenvalue weighted by molar-refractivity contribution is 6.10. The molecule has 0 N–H and O–H groups in total. The van der Waals surface area contributed by atoms with E-state index in [1.807, 2.05) is 6.07 Å². The van der Waals surface area contributed by atoms with E-state index in [0.717, 1.165) is 39.2 Å². The summed E-state index contributed by atoms with van der Waals surface area (Å²) in [6.45, 7) is 0. The quantitative estimate of drug-likeness (QED) is 0.269. The van der Waals surface area contributed by atoms with Crippen molar-refractivity contribution in [1.29, 1.82) is 0 Å². The number of aromatic nitrogens is 4. The molecule has 0 atom stereocenters. The van der Waals surface area contributed by atoms with Crippen LogP contribution in [0.2, 0.25) is 0 Å². The van der Waals surface area contributed by atoms with Gasteiger partial charge >= 0.3 is 0 Å². The van der Waals surface area contributed by atoms with Gasteiger partial charge in [0.2, 0.25) is 5.78 Å². The van der Waals surface area contributed by atoms with Crippen LogP contribution >= 0.6 is 0 Å². The van der Waals surface area contributed by atoms with Gasteiger partial charge in [-0.25, -0.2) is 4.98 Å². The second-order valence-electron chi connectivity index (χ2n) is 8.92. The molecule has 0 fully saturated rings. The maximum atomic E-state index is 5.09. The first-order valence-electron chi connectivity index (χ1n) is 11.8. The maximum absolute atomic E-state index is 5.09. The molecule has 8 rings (SSSR count). The first-order chi connectivity index (χ1) is 17.4. The number of nitrogens with zero attached hydrogens (tertiary/aromatic N) is 4. The van der Waals surface area contributed by atoms with Crippen molar-refractivity contribution >= 4 is 49.7 Å². The Labute approximate surface area is 200 Å². The van der Waals surface area contributed by atoms with Crippen molar-refractivity contribution in [2.24, 2.45) is 0 Å². The number of imidazole rings is 2. The first kappa shape index (κ1) is 18.6.